The quantitative estimate of drug-likeness (QED) is 0.429. The first kappa shape index (κ1) is 29.6. The molecule has 4 aliphatic rings. The van der Waals surface area contributed by atoms with Gasteiger partial charge in [0.05, 0.1) is 17.1 Å². The fourth-order valence-electron chi connectivity index (χ4n) is 7.79. The number of amides is 2. The Morgan fingerprint density at radius 2 is 1.71 bits per heavy atom. The van der Waals surface area contributed by atoms with Crippen molar-refractivity contribution >= 4 is 22.8 Å². The zero-order valence-electron chi connectivity index (χ0n) is 25.6. The van der Waals surface area contributed by atoms with Crippen molar-refractivity contribution in [3.63, 3.8) is 0 Å². The summed E-state index contributed by atoms with van der Waals surface area (Å²) in [6, 6.07) is 6.18. The molecule has 2 aliphatic carbocycles. The molecule has 9 heteroatoms. The highest BCUT2D eigenvalue weighted by molar-refractivity contribution is 6.00. The topological polar surface area (TPSA) is 88.8 Å². The predicted molar refractivity (Wildman–Crippen MR) is 163 cm³/mol. The second-order valence-electron chi connectivity index (χ2n) is 13.6. The summed E-state index contributed by atoms with van der Waals surface area (Å²) in [4.78, 5) is 42.2. The van der Waals surface area contributed by atoms with Crippen LogP contribution in [0.3, 0.4) is 0 Å². The van der Waals surface area contributed by atoms with Crippen molar-refractivity contribution in [3.05, 3.63) is 34.2 Å². The van der Waals surface area contributed by atoms with Crippen LogP contribution >= 0.6 is 0 Å². The number of ether oxygens (including phenoxy) is 1. The smallest absolute Gasteiger partial charge is 0.329 e. The van der Waals surface area contributed by atoms with Gasteiger partial charge in [0.25, 0.3) is 0 Å². The fraction of sp³-hybridized carbons (Fsp3) is 0.727. The minimum absolute atomic E-state index is 0.219. The van der Waals surface area contributed by atoms with E-state index in [4.69, 9.17) is 4.74 Å². The van der Waals surface area contributed by atoms with Gasteiger partial charge < -0.3 is 9.64 Å². The van der Waals surface area contributed by atoms with E-state index in [2.05, 4.69) is 34.3 Å². The van der Waals surface area contributed by atoms with Crippen LogP contribution in [0.4, 0.5) is 0 Å². The van der Waals surface area contributed by atoms with E-state index in [9.17, 15) is 14.4 Å². The van der Waals surface area contributed by atoms with Gasteiger partial charge >= 0.3 is 5.69 Å². The van der Waals surface area contributed by atoms with Crippen molar-refractivity contribution in [1.82, 2.24) is 24.3 Å². The van der Waals surface area contributed by atoms with E-state index >= 15 is 0 Å². The number of carbonyl (C=O) groups is 2. The number of imide groups is 1. The van der Waals surface area contributed by atoms with Gasteiger partial charge in [-0.25, -0.2) is 4.79 Å². The summed E-state index contributed by atoms with van der Waals surface area (Å²) in [5.41, 5.74) is 2.53. The van der Waals surface area contributed by atoms with Gasteiger partial charge in [-0.3, -0.25) is 28.9 Å². The van der Waals surface area contributed by atoms with Crippen LogP contribution in [0.5, 0.6) is 0 Å². The molecule has 2 aromatic rings. The molecule has 230 valence electrons. The Hall–Kier alpha value is -2.49. The zero-order chi connectivity index (χ0) is 29.2. The number of fused-ring (bicyclic) bond motifs is 1. The summed E-state index contributed by atoms with van der Waals surface area (Å²) in [7, 11) is 4.07. The third-order valence-electron chi connectivity index (χ3n) is 10.6. The molecule has 42 heavy (non-hydrogen) atoms. The summed E-state index contributed by atoms with van der Waals surface area (Å²) in [5.74, 6) is 0.977. The summed E-state index contributed by atoms with van der Waals surface area (Å²) < 4.78 is 9.45. The first-order valence-electron chi connectivity index (χ1n) is 16.4. The normalized spacial score (nSPS) is 26.6. The Bertz CT molecular complexity index is 1310. The number of hydrogen-bond acceptors (Lipinski definition) is 6. The van der Waals surface area contributed by atoms with Crippen molar-refractivity contribution in [2.75, 3.05) is 33.3 Å². The lowest BCUT2D eigenvalue weighted by atomic mass is 9.85. The number of aromatic nitrogens is 2. The minimum Gasteiger partial charge on any atom is -0.378 e. The maximum Gasteiger partial charge on any atom is 0.329 e. The lowest BCUT2D eigenvalue weighted by Gasteiger charge is -2.42. The van der Waals surface area contributed by atoms with Gasteiger partial charge in [-0.15, -0.1) is 0 Å². The molecule has 0 radical (unpaired) electrons. The molecule has 4 fully saturated rings. The minimum atomic E-state index is -0.647. The Kier molecular flexibility index (Phi) is 9.17. The highest BCUT2D eigenvalue weighted by Crippen LogP contribution is 2.32. The van der Waals surface area contributed by atoms with Gasteiger partial charge in [0, 0.05) is 39.2 Å². The molecule has 2 saturated heterocycles. The molecule has 0 spiro atoms. The third kappa shape index (κ3) is 6.53. The molecule has 1 aromatic heterocycles. The average molecular weight is 580 g/mol. The van der Waals surface area contributed by atoms with E-state index in [1.807, 2.05) is 6.07 Å². The van der Waals surface area contributed by atoms with Crippen LogP contribution in [0.1, 0.15) is 88.7 Å². The number of rotatable bonds is 10. The van der Waals surface area contributed by atoms with Gasteiger partial charge in [-0.1, -0.05) is 25.3 Å². The molecule has 2 aliphatic heterocycles. The number of carbonyl (C=O) groups excluding carboxylic acids is 2. The highest BCUT2D eigenvalue weighted by atomic mass is 16.5. The Balaban J connectivity index is 0.928. The number of hydrogen-bond donors (Lipinski definition) is 1. The molecule has 1 unspecified atom stereocenters. The maximum atomic E-state index is 13.1. The van der Waals surface area contributed by atoms with Gasteiger partial charge in [0.1, 0.15) is 6.04 Å². The zero-order valence-corrected chi connectivity index (χ0v) is 25.6. The third-order valence-corrected chi connectivity index (χ3v) is 10.6. The molecule has 3 heterocycles. The monoisotopic (exact) mass is 579 g/mol. The Morgan fingerprint density at radius 3 is 2.45 bits per heavy atom. The van der Waals surface area contributed by atoms with Crippen molar-refractivity contribution in [2.45, 2.75) is 102 Å². The van der Waals surface area contributed by atoms with Crippen LogP contribution < -0.4 is 11.0 Å². The highest BCUT2D eigenvalue weighted by Gasteiger charge is 2.34. The summed E-state index contributed by atoms with van der Waals surface area (Å²) in [5, 5.41) is 2.38. The fourth-order valence-corrected chi connectivity index (χ4v) is 7.79. The molecule has 2 saturated carbocycles. The molecule has 9 nitrogen and oxygen atoms in total. The van der Waals surface area contributed by atoms with Crippen LogP contribution in [-0.4, -0.2) is 76.2 Å². The van der Waals surface area contributed by atoms with Crippen molar-refractivity contribution in [1.29, 1.82) is 0 Å². The number of imidazole rings is 1. The van der Waals surface area contributed by atoms with E-state index < -0.39 is 11.9 Å². The van der Waals surface area contributed by atoms with E-state index in [1.54, 1.807) is 16.2 Å². The van der Waals surface area contributed by atoms with Crippen LogP contribution in [0.2, 0.25) is 0 Å². The first-order chi connectivity index (χ1) is 20.4. The van der Waals surface area contributed by atoms with Crippen molar-refractivity contribution in [3.8, 4) is 0 Å². The molecule has 1 atom stereocenters. The number of nitrogens with zero attached hydrogens (tertiary/aromatic N) is 4. The summed E-state index contributed by atoms with van der Waals surface area (Å²) in [6.45, 7) is 5.18. The molecule has 0 bridgehead atoms. The van der Waals surface area contributed by atoms with E-state index in [0.717, 1.165) is 61.6 Å². The Morgan fingerprint density at radius 1 is 0.952 bits per heavy atom. The molecular weight excluding hydrogens is 530 g/mol. The second kappa shape index (κ2) is 13.0. The SMILES string of the molecule is Cn1c(=O)n(C2CCC(=O)NC2=O)c2ccc(CN3CCC(CCO[C@H]4C[C@H](N(C)CC5CCCCC5)C4)CC3)cc21. The average Bonchev–Trinajstić information content (AvgIpc) is 3.20. The largest absolute Gasteiger partial charge is 0.378 e. The van der Waals surface area contributed by atoms with Gasteiger partial charge in [0.2, 0.25) is 11.8 Å². The van der Waals surface area contributed by atoms with Crippen LogP contribution in [0, 0.1) is 11.8 Å². The number of aryl methyl sites for hydroxylation is 1. The van der Waals surface area contributed by atoms with Gasteiger partial charge in [0.15, 0.2) is 0 Å². The molecule has 2 amide bonds. The van der Waals surface area contributed by atoms with E-state index in [1.165, 1.54) is 69.9 Å². The van der Waals surface area contributed by atoms with Crippen LogP contribution in [-0.2, 0) is 27.9 Å². The van der Waals surface area contributed by atoms with E-state index in [0.29, 0.717) is 12.5 Å². The van der Waals surface area contributed by atoms with Crippen LogP contribution in [0.15, 0.2) is 23.0 Å². The summed E-state index contributed by atoms with van der Waals surface area (Å²) in [6.07, 6.45) is 14.2. The maximum absolute atomic E-state index is 13.1. The standard InChI is InChI=1S/C33H49N5O4/c1-35(21-24-6-4-3-5-7-24)26-19-27(20-26)42-17-14-23-12-15-37(16-13-23)22-25-8-9-28-30(18-25)36(2)33(41)38(28)29-10-11-31(39)34-32(29)40/h8-9,18,23-24,26-27,29H,3-7,10-17,19-22H2,1-2H3,(H,34,39,40)/t26-,27-,29?. The number of likely N-dealkylation sites (tertiary alicyclic amines) is 1. The van der Waals surface area contributed by atoms with Gasteiger partial charge in [-0.2, -0.15) is 0 Å². The number of benzene rings is 1. The lowest BCUT2D eigenvalue weighted by molar-refractivity contribution is -0.135. The van der Waals surface area contributed by atoms with Crippen molar-refractivity contribution in [2.24, 2.45) is 18.9 Å². The van der Waals surface area contributed by atoms with Crippen LogP contribution in [0.25, 0.3) is 11.0 Å². The molecule has 6 rings (SSSR count). The second-order valence-corrected chi connectivity index (χ2v) is 13.6. The molecule has 1 aromatic carbocycles. The molecule has 1 N–H and O–H groups in total. The number of piperidine rings is 2. The number of nitrogens with one attached hydrogen (secondary N) is 1. The molecular formula is C33H49N5O4. The van der Waals surface area contributed by atoms with Gasteiger partial charge in [-0.05, 0) is 101 Å². The Labute approximate surface area is 249 Å². The van der Waals surface area contributed by atoms with Crippen molar-refractivity contribution < 1.29 is 14.3 Å². The first-order valence-corrected chi connectivity index (χ1v) is 16.4. The predicted octanol–water partition coefficient (Wildman–Crippen LogP) is 3.98. The lowest BCUT2D eigenvalue weighted by Crippen LogP contribution is -2.48. The van der Waals surface area contributed by atoms with E-state index in [-0.39, 0.29) is 18.0 Å². The summed E-state index contributed by atoms with van der Waals surface area (Å²) >= 11 is 0.